The summed E-state index contributed by atoms with van der Waals surface area (Å²) < 4.78 is 1.87. The maximum atomic E-state index is 12.8. The van der Waals surface area contributed by atoms with Gasteiger partial charge in [-0.3, -0.25) is 4.79 Å². The Bertz CT molecular complexity index is 822. The largest absolute Gasteiger partial charge is 0.348 e. The van der Waals surface area contributed by atoms with Gasteiger partial charge in [0.2, 0.25) is 5.95 Å². The fourth-order valence-corrected chi connectivity index (χ4v) is 4.18. The molecular weight excluding hydrogens is 340 g/mol. The number of aromatic nitrogens is 3. The number of amides is 1. The lowest BCUT2D eigenvalue weighted by molar-refractivity contribution is 0.0620. The Kier molecular flexibility index (Phi) is 4.86. The van der Waals surface area contributed by atoms with Crippen LogP contribution >= 0.6 is 0 Å². The molecule has 1 aromatic carbocycles. The lowest BCUT2D eigenvalue weighted by atomic mass is 9.84. The lowest BCUT2D eigenvalue weighted by Gasteiger charge is -2.44. The summed E-state index contributed by atoms with van der Waals surface area (Å²) in [6, 6.07) is 7.89. The number of rotatable bonds is 5. The summed E-state index contributed by atoms with van der Waals surface area (Å²) in [5.41, 5.74) is 1.54. The number of anilines is 1. The van der Waals surface area contributed by atoms with E-state index in [4.69, 9.17) is 0 Å². The molecule has 0 unspecified atom stereocenters. The Hall–Kier alpha value is -2.41. The number of fused-ring (bicyclic) bond motifs is 3. The topological polar surface area (TPSA) is 66.3 Å². The lowest BCUT2D eigenvalue weighted by Crippen LogP contribution is -2.57. The Morgan fingerprint density at radius 3 is 2.67 bits per heavy atom. The van der Waals surface area contributed by atoms with Crippen LogP contribution in [-0.2, 0) is 6.54 Å². The smallest absolute Gasteiger partial charge is 0.251 e. The standard InChI is InChI=1S/C20H28N6O/c1-4-26-20(24(2)3)22-18(23-26)15-6-5-7-16(12-15)19(27)21-17-13-25-10-8-14(17)9-11-25/h5-7,12,14,17H,4,8-11,13H2,1-3H3,(H,21,27)/t17-/m0/s1. The van der Waals surface area contributed by atoms with Gasteiger partial charge in [0, 0.05) is 44.4 Å². The third-order valence-corrected chi connectivity index (χ3v) is 5.71. The van der Waals surface area contributed by atoms with E-state index in [1.54, 1.807) is 0 Å². The van der Waals surface area contributed by atoms with E-state index in [0.717, 1.165) is 24.6 Å². The number of carbonyl (C=O) groups is 1. The third kappa shape index (κ3) is 3.56. The van der Waals surface area contributed by atoms with E-state index in [-0.39, 0.29) is 11.9 Å². The van der Waals surface area contributed by atoms with Crippen molar-refractivity contribution >= 4 is 11.9 Å². The molecule has 0 spiro atoms. The number of hydrogen-bond acceptors (Lipinski definition) is 5. The minimum absolute atomic E-state index is 0.00152. The van der Waals surface area contributed by atoms with Crippen LogP contribution in [0.5, 0.6) is 0 Å². The van der Waals surface area contributed by atoms with Gasteiger partial charge in [0.1, 0.15) is 0 Å². The Balaban J connectivity index is 1.53. The van der Waals surface area contributed by atoms with E-state index < -0.39 is 0 Å². The molecule has 5 rings (SSSR count). The van der Waals surface area contributed by atoms with Crippen LogP contribution in [0.3, 0.4) is 0 Å². The van der Waals surface area contributed by atoms with Gasteiger partial charge in [-0.25, -0.2) is 4.68 Å². The predicted octanol–water partition coefficient (Wildman–Crippen LogP) is 1.85. The fourth-order valence-electron chi connectivity index (χ4n) is 4.18. The van der Waals surface area contributed by atoms with Gasteiger partial charge in [0.05, 0.1) is 0 Å². The van der Waals surface area contributed by atoms with E-state index in [1.165, 1.54) is 25.9 Å². The van der Waals surface area contributed by atoms with Crippen molar-refractivity contribution in [3.8, 4) is 11.4 Å². The van der Waals surface area contributed by atoms with Crippen molar-refractivity contribution in [2.45, 2.75) is 32.4 Å². The van der Waals surface area contributed by atoms with Gasteiger partial charge >= 0.3 is 0 Å². The molecule has 2 aromatic rings. The van der Waals surface area contributed by atoms with E-state index >= 15 is 0 Å². The second-order valence-corrected chi connectivity index (χ2v) is 7.74. The van der Waals surface area contributed by atoms with E-state index in [0.29, 0.717) is 17.3 Å². The molecule has 7 heteroatoms. The first kappa shape index (κ1) is 18.0. The molecule has 1 amide bonds. The van der Waals surface area contributed by atoms with Gasteiger partial charge in [-0.05, 0) is 50.9 Å². The van der Waals surface area contributed by atoms with Crippen LogP contribution in [0.25, 0.3) is 11.4 Å². The van der Waals surface area contributed by atoms with Crippen LogP contribution in [0.2, 0.25) is 0 Å². The highest BCUT2D eigenvalue weighted by Gasteiger charge is 2.34. The highest BCUT2D eigenvalue weighted by molar-refractivity contribution is 5.95. The summed E-state index contributed by atoms with van der Waals surface area (Å²) in [6.45, 7) is 6.12. The molecule has 1 atom stereocenters. The van der Waals surface area contributed by atoms with Crippen LogP contribution in [0.1, 0.15) is 30.1 Å². The molecule has 27 heavy (non-hydrogen) atoms. The zero-order valence-corrected chi connectivity index (χ0v) is 16.4. The molecule has 4 heterocycles. The highest BCUT2D eigenvalue weighted by atomic mass is 16.1. The molecule has 3 aliphatic heterocycles. The minimum atomic E-state index is -0.00152. The average molecular weight is 368 g/mol. The first-order valence-corrected chi connectivity index (χ1v) is 9.81. The van der Waals surface area contributed by atoms with Crippen molar-refractivity contribution in [2.24, 2.45) is 5.92 Å². The SMILES string of the molecule is CCn1nc(-c2cccc(C(=O)N[C@H]3CN4CCC3CC4)c2)nc1N(C)C. The monoisotopic (exact) mass is 368 g/mol. The minimum Gasteiger partial charge on any atom is -0.348 e. The Morgan fingerprint density at radius 1 is 1.30 bits per heavy atom. The van der Waals surface area contributed by atoms with Crippen molar-refractivity contribution < 1.29 is 4.79 Å². The molecule has 144 valence electrons. The molecule has 0 saturated carbocycles. The molecular formula is C20H28N6O. The highest BCUT2D eigenvalue weighted by Crippen LogP contribution is 2.28. The van der Waals surface area contributed by atoms with Crippen LogP contribution in [0, 0.1) is 5.92 Å². The second kappa shape index (κ2) is 7.31. The van der Waals surface area contributed by atoms with E-state index in [1.807, 2.05) is 54.9 Å². The third-order valence-electron chi connectivity index (χ3n) is 5.71. The van der Waals surface area contributed by atoms with Gasteiger partial charge in [-0.15, -0.1) is 5.10 Å². The number of nitrogens with zero attached hydrogens (tertiary/aromatic N) is 5. The molecule has 0 aliphatic carbocycles. The summed E-state index contributed by atoms with van der Waals surface area (Å²) in [4.78, 5) is 21.9. The first-order chi connectivity index (χ1) is 13.0. The average Bonchev–Trinajstić information content (AvgIpc) is 3.14. The van der Waals surface area contributed by atoms with Crippen molar-refractivity contribution in [1.82, 2.24) is 25.0 Å². The number of nitrogens with one attached hydrogen (secondary N) is 1. The van der Waals surface area contributed by atoms with Gasteiger partial charge < -0.3 is 15.1 Å². The maximum Gasteiger partial charge on any atom is 0.251 e. The first-order valence-electron chi connectivity index (χ1n) is 9.81. The number of aryl methyl sites for hydroxylation is 1. The summed E-state index contributed by atoms with van der Waals surface area (Å²) in [5, 5.41) is 7.85. The number of hydrogen-bond donors (Lipinski definition) is 1. The number of benzene rings is 1. The van der Waals surface area contributed by atoms with E-state index in [2.05, 4.69) is 20.3 Å². The number of piperidine rings is 3. The molecule has 2 bridgehead atoms. The van der Waals surface area contributed by atoms with Gasteiger partial charge in [0.25, 0.3) is 5.91 Å². The molecule has 7 nitrogen and oxygen atoms in total. The van der Waals surface area contributed by atoms with Gasteiger partial charge in [-0.1, -0.05) is 12.1 Å². The Morgan fingerprint density at radius 2 is 2.07 bits per heavy atom. The zero-order valence-electron chi connectivity index (χ0n) is 16.4. The summed E-state index contributed by atoms with van der Waals surface area (Å²) >= 11 is 0. The summed E-state index contributed by atoms with van der Waals surface area (Å²) in [6.07, 6.45) is 2.38. The molecule has 1 N–H and O–H groups in total. The second-order valence-electron chi connectivity index (χ2n) is 7.74. The molecule has 0 radical (unpaired) electrons. The van der Waals surface area contributed by atoms with E-state index in [9.17, 15) is 4.79 Å². The zero-order chi connectivity index (χ0) is 19.0. The van der Waals surface area contributed by atoms with Gasteiger partial charge in [-0.2, -0.15) is 4.98 Å². The number of carbonyl (C=O) groups excluding carboxylic acids is 1. The van der Waals surface area contributed by atoms with Crippen molar-refractivity contribution in [1.29, 1.82) is 0 Å². The molecule has 1 aromatic heterocycles. The quantitative estimate of drug-likeness (QED) is 0.873. The van der Waals surface area contributed by atoms with Crippen molar-refractivity contribution in [3.05, 3.63) is 29.8 Å². The molecule has 3 saturated heterocycles. The molecule has 3 aliphatic rings. The van der Waals surface area contributed by atoms with Crippen molar-refractivity contribution in [3.63, 3.8) is 0 Å². The van der Waals surface area contributed by atoms with Crippen LogP contribution in [0.15, 0.2) is 24.3 Å². The van der Waals surface area contributed by atoms with Crippen LogP contribution < -0.4 is 10.2 Å². The van der Waals surface area contributed by atoms with Gasteiger partial charge in [0.15, 0.2) is 5.82 Å². The van der Waals surface area contributed by atoms with Crippen molar-refractivity contribution in [2.75, 3.05) is 38.6 Å². The molecule has 3 fully saturated rings. The summed E-state index contributed by atoms with van der Waals surface area (Å²) in [7, 11) is 3.91. The van der Waals surface area contributed by atoms with Crippen LogP contribution in [-0.4, -0.2) is 65.3 Å². The fraction of sp³-hybridized carbons (Fsp3) is 0.550. The maximum absolute atomic E-state index is 12.8. The Labute approximate surface area is 160 Å². The predicted molar refractivity (Wildman–Crippen MR) is 106 cm³/mol. The summed E-state index contributed by atoms with van der Waals surface area (Å²) in [5.74, 6) is 2.08. The normalized spacial score (nSPS) is 24.0. The van der Waals surface area contributed by atoms with Crippen LogP contribution in [0.4, 0.5) is 5.95 Å².